The zero-order valence-electron chi connectivity index (χ0n) is 30.1. The molecular formula is C37H54N6O5S. The number of piperazine rings is 1. The highest BCUT2D eigenvalue weighted by Gasteiger charge is 2.43. The van der Waals surface area contributed by atoms with Gasteiger partial charge < -0.3 is 29.9 Å². The average Bonchev–Trinajstić information content (AvgIpc) is 3.72. The molecule has 12 heteroatoms. The Hall–Kier alpha value is -3.64. The van der Waals surface area contributed by atoms with Gasteiger partial charge in [0.2, 0.25) is 11.8 Å². The third-order valence-electron chi connectivity index (χ3n) is 9.49. The van der Waals surface area contributed by atoms with Crippen LogP contribution in [-0.2, 0) is 25.6 Å². The second-order valence-corrected chi connectivity index (χ2v) is 16.5. The molecule has 1 aromatic heterocycles. The van der Waals surface area contributed by atoms with Gasteiger partial charge in [-0.1, -0.05) is 36.4 Å². The van der Waals surface area contributed by atoms with Crippen LogP contribution in [0.4, 0.5) is 4.79 Å². The van der Waals surface area contributed by atoms with Gasteiger partial charge in [0.15, 0.2) is 0 Å². The molecule has 0 bridgehead atoms. The summed E-state index contributed by atoms with van der Waals surface area (Å²) in [5.74, 6) is -0.287. The number of rotatable bonds is 8. The molecule has 268 valence electrons. The first-order valence-corrected chi connectivity index (χ1v) is 18.5. The minimum Gasteiger partial charge on any atom is -0.455 e. The van der Waals surface area contributed by atoms with Crippen molar-refractivity contribution >= 4 is 35.3 Å². The van der Waals surface area contributed by atoms with Gasteiger partial charge in [0.05, 0.1) is 19.1 Å². The largest absolute Gasteiger partial charge is 0.455 e. The van der Waals surface area contributed by atoms with Gasteiger partial charge in [-0.15, -0.1) is 11.3 Å². The average molecular weight is 695 g/mol. The van der Waals surface area contributed by atoms with Crippen LogP contribution < -0.4 is 10.6 Å². The highest BCUT2D eigenvalue weighted by atomic mass is 32.1. The minimum atomic E-state index is -0.831. The van der Waals surface area contributed by atoms with Crippen molar-refractivity contribution in [2.45, 2.75) is 110 Å². The third-order valence-corrected chi connectivity index (χ3v) is 10.4. The summed E-state index contributed by atoms with van der Waals surface area (Å²) in [6.45, 7) is 17.2. The Morgan fingerprint density at radius 2 is 1.71 bits per heavy atom. The van der Waals surface area contributed by atoms with E-state index >= 15 is 0 Å². The van der Waals surface area contributed by atoms with E-state index in [1.54, 1.807) is 37.0 Å². The molecule has 0 radical (unpaired) electrons. The fraction of sp³-hybridized carbons (Fsp3) is 0.622. The number of aliphatic imine (C=N–C) groups is 1. The van der Waals surface area contributed by atoms with Crippen LogP contribution in [0, 0.1) is 5.92 Å². The van der Waals surface area contributed by atoms with Crippen molar-refractivity contribution in [1.82, 2.24) is 25.3 Å². The molecule has 3 amide bonds. The summed E-state index contributed by atoms with van der Waals surface area (Å²) in [7, 11) is 0. The van der Waals surface area contributed by atoms with Gasteiger partial charge in [0, 0.05) is 23.5 Å². The van der Waals surface area contributed by atoms with E-state index in [1.807, 2.05) is 59.7 Å². The molecule has 0 saturated carbocycles. The predicted molar refractivity (Wildman–Crippen MR) is 192 cm³/mol. The molecule has 5 rings (SSSR count). The molecule has 2 saturated heterocycles. The lowest BCUT2D eigenvalue weighted by molar-refractivity contribution is -0.145. The van der Waals surface area contributed by atoms with Crippen LogP contribution >= 0.6 is 11.3 Å². The summed E-state index contributed by atoms with van der Waals surface area (Å²) in [5.41, 5.74) is 0.393. The van der Waals surface area contributed by atoms with E-state index < -0.39 is 23.8 Å². The van der Waals surface area contributed by atoms with Crippen LogP contribution in [0.5, 0.6) is 0 Å². The Morgan fingerprint density at radius 1 is 1.00 bits per heavy atom. The van der Waals surface area contributed by atoms with E-state index in [9.17, 15) is 14.4 Å². The molecule has 0 aliphatic carbocycles. The van der Waals surface area contributed by atoms with Crippen molar-refractivity contribution < 1.29 is 23.9 Å². The number of thiophene rings is 1. The third kappa shape index (κ3) is 9.75. The van der Waals surface area contributed by atoms with Crippen molar-refractivity contribution in [1.29, 1.82) is 0 Å². The van der Waals surface area contributed by atoms with Crippen LogP contribution in [-0.4, -0.2) is 101 Å². The number of ether oxygens (including phenoxy) is 2. The number of amides is 3. The normalized spacial score (nSPS) is 23.0. The van der Waals surface area contributed by atoms with Crippen molar-refractivity contribution in [2.24, 2.45) is 10.9 Å². The minimum absolute atomic E-state index is 0.0740. The standard InChI is InChI=1S/C37H54N6O5S/c1-25-31(27-12-9-8-10-13-27)47-34(39-25)41-19-20-43(30(24-41)32(44)38-23-28-14-11-21-49-28)33(45)29(40-35(46)48-37(5,6)7)22-26-15-17-42(18-16-26)36(2,3)4/h8-14,21,25-26,29-31H,15-20,22-24H2,1-7H3,(H,38,44)(H,40,46)/t25-,29+,30-,31+/m0/s1. The summed E-state index contributed by atoms with van der Waals surface area (Å²) in [6, 6.07) is 12.7. The number of alkyl carbamates (subject to hydrolysis) is 1. The van der Waals surface area contributed by atoms with Gasteiger partial charge in [-0.2, -0.15) is 0 Å². The molecule has 4 atom stereocenters. The SMILES string of the molecule is C[C@@H]1N=C(N2CCN(C(=O)[C@@H](CC3CCN(C(C)(C)C)CC3)NC(=O)OC(C)(C)C)[C@H](C(=O)NCc3cccs3)C2)O[C@H]1c1ccccc1. The molecule has 3 aliphatic heterocycles. The zero-order valence-corrected chi connectivity index (χ0v) is 30.9. The summed E-state index contributed by atoms with van der Waals surface area (Å²) in [5, 5.41) is 7.94. The second kappa shape index (κ2) is 15.5. The molecule has 0 spiro atoms. The van der Waals surface area contributed by atoms with E-state index in [0.717, 1.165) is 36.4 Å². The monoisotopic (exact) mass is 694 g/mol. The topological polar surface area (TPSA) is 116 Å². The van der Waals surface area contributed by atoms with Crippen molar-refractivity contribution in [3.05, 3.63) is 58.3 Å². The number of amidine groups is 1. The first kappa shape index (κ1) is 36.6. The fourth-order valence-corrected chi connectivity index (χ4v) is 7.47. The molecule has 4 heterocycles. The van der Waals surface area contributed by atoms with Crippen molar-refractivity contribution in [2.75, 3.05) is 32.7 Å². The number of carbonyl (C=O) groups excluding carboxylic acids is 3. The van der Waals surface area contributed by atoms with Gasteiger partial charge in [-0.25, -0.2) is 9.79 Å². The maximum atomic E-state index is 14.5. The molecule has 11 nitrogen and oxygen atoms in total. The van der Waals surface area contributed by atoms with Crippen molar-refractivity contribution in [3.8, 4) is 0 Å². The molecular weight excluding hydrogens is 641 g/mol. The zero-order chi connectivity index (χ0) is 35.3. The van der Waals surface area contributed by atoms with Crippen LogP contribution in [0.15, 0.2) is 52.8 Å². The summed E-state index contributed by atoms with van der Waals surface area (Å²) in [4.78, 5) is 53.5. The van der Waals surface area contributed by atoms with E-state index in [1.165, 1.54) is 0 Å². The summed E-state index contributed by atoms with van der Waals surface area (Å²) in [6.07, 6.45) is 1.46. The molecule has 1 aromatic carbocycles. The van der Waals surface area contributed by atoms with E-state index in [4.69, 9.17) is 14.5 Å². The van der Waals surface area contributed by atoms with Crippen LogP contribution in [0.2, 0.25) is 0 Å². The first-order chi connectivity index (χ1) is 23.2. The predicted octanol–water partition coefficient (Wildman–Crippen LogP) is 5.19. The highest BCUT2D eigenvalue weighted by Crippen LogP contribution is 2.31. The number of piperidine rings is 1. The van der Waals surface area contributed by atoms with Crippen LogP contribution in [0.25, 0.3) is 0 Å². The molecule has 0 unspecified atom stereocenters. The Bertz CT molecular complexity index is 1450. The van der Waals surface area contributed by atoms with Crippen LogP contribution in [0.3, 0.4) is 0 Å². The number of likely N-dealkylation sites (tertiary alicyclic amines) is 1. The number of hydrogen-bond acceptors (Lipinski definition) is 9. The smallest absolute Gasteiger partial charge is 0.408 e. The maximum Gasteiger partial charge on any atom is 0.408 e. The van der Waals surface area contributed by atoms with Gasteiger partial charge in [-0.3, -0.25) is 14.5 Å². The van der Waals surface area contributed by atoms with E-state index in [-0.39, 0.29) is 48.5 Å². The molecule has 2 aromatic rings. The summed E-state index contributed by atoms with van der Waals surface area (Å²) < 4.78 is 12.0. The van der Waals surface area contributed by atoms with Crippen molar-refractivity contribution in [3.63, 3.8) is 0 Å². The quantitative estimate of drug-likeness (QED) is 0.391. The first-order valence-electron chi connectivity index (χ1n) is 17.6. The number of hydrogen-bond donors (Lipinski definition) is 2. The van der Waals surface area contributed by atoms with Gasteiger partial charge in [0.25, 0.3) is 6.02 Å². The Balaban J connectivity index is 1.35. The highest BCUT2D eigenvalue weighted by molar-refractivity contribution is 7.09. The number of nitrogens with zero attached hydrogens (tertiary/aromatic N) is 4. The van der Waals surface area contributed by atoms with Crippen LogP contribution in [0.1, 0.15) is 84.3 Å². The lowest BCUT2D eigenvalue weighted by atomic mass is 9.87. The molecule has 2 N–H and O–H groups in total. The fourth-order valence-electron chi connectivity index (χ4n) is 6.82. The summed E-state index contributed by atoms with van der Waals surface area (Å²) >= 11 is 1.57. The lowest BCUT2D eigenvalue weighted by Crippen LogP contribution is -2.64. The Labute approximate surface area is 295 Å². The number of benzene rings is 1. The molecule has 3 aliphatic rings. The van der Waals surface area contributed by atoms with Gasteiger partial charge in [-0.05, 0) is 104 Å². The number of nitrogens with one attached hydrogen (secondary N) is 2. The van der Waals surface area contributed by atoms with Gasteiger partial charge >= 0.3 is 6.09 Å². The molecule has 49 heavy (non-hydrogen) atoms. The number of carbonyl (C=O) groups is 3. The molecule has 2 fully saturated rings. The lowest BCUT2D eigenvalue weighted by Gasteiger charge is -2.43. The second-order valence-electron chi connectivity index (χ2n) is 15.4. The van der Waals surface area contributed by atoms with E-state index in [2.05, 4.69) is 36.3 Å². The maximum absolute atomic E-state index is 14.5. The Kier molecular flexibility index (Phi) is 11.6. The Morgan fingerprint density at radius 3 is 2.35 bits per heavy atom. The van der Waals surface area contributed by atoms with Gasteiger partial charge in [0.1, 0.15) is 23.8 Å². The van der Waals surface area contributed by atoms with E-state index in [0.29, 0.717) is 25.5 Å².